The highest BCUT2D eigenvalue weighted by atomic mass is 14.9. The van der Waals surface area contributed by atoms with Crippen molar-refractivity contribution in [2.45, 2.75) is 58.7 Å². The van der Waals surface area contributed by atoms with Crippen molar-refractivity contribution in [1.29, 1.82) is 0 Å². The molecule has 1 unspecified atom stereocenters. The molecular formula is C15H26N2. The van der Waals surface area contributed by atoms with Crippen LogP contribution in [0, 0.1) is 0 Å². The Morgan fingerprint density at radius 3 is 2.35 bits per heavy atom. The van der Waals surface area contributed by atoms with Gasteiger partial charge in [-0.05, 0) is 24.5 Å². The average Bonchev–Trinajstić information content (AvgIpc) is 2.37. The van der Waals surface area contributed by atoms with Crippen molar-refractivity contribution in [1.82, 2.24) is 5.32 Å². The fourth-order valence-electron chi connectivity index (χ4n) is 1.89. The Bertz CT molecular complexity index is 292. The van der Waals surface area contributed by atoms with Crippen molar-refractivity contribution in [2.75, 3.05) is 0 Å². The van der Waals surface area contributed by atoms with Gasteiger partial charge in [0.05, 0.1) is 0 Å². The third-order valence-corrected chi connectivity index (χ3v) is 3.15. The van der Waals surface area contributed by atoms with Gasteiger partial charge in [0, 0.05) is 19.1 Å². The van der Waals surface area contributed by atoms with E-state index in [1.54, 1.807) is 0 Å². The molecule has 0 saturated heterocycles. The molecule has 0 aromatic heterocycles. The lowest BCUT2D eigenvalue weighted by Gasteiger charge is -2.13. The summed E-state index contributed by atoms with van der Waals surface area (Å²) in [5.74, 6) is 0. The van der Waals surface area contributed by atoms with Crippen molar-refractivity contribution in [3.63, 3.8) is 0 Å². The molecule has 0 aliphatic heterocycles. The van der Waals surface area contributed by atoms with E-state index in [1.165, 1.54) is 36.8 Å². The van der Waals surface area contributed by atoms with E-state index in [1.807, 2.05) is 0 Å². The van der Waals surface area contributed by atoms with E-state index in [4.69, 9.17) is 5.73 Å². The molecule has 2 heteroatoms. The Labute approximate surface area is 106 Å². The third-order valence-electron chi connectivity index (χ3n) is 3.15. The van der Waals surface area contributed by atoms with Gasteiger partial charge in [-0.3, -0.25) is 0 Å². The summed E-state index contributed by atoms with van der Waals surface area (Å²) in [5.41, 5.74) is 8.11. The number of nitrogens with two attached hydrogens (primary N) is 1. The molecule has 0 fully saturated rings. The molecule has 0 aliphatic rings. The van der Waals surface area contributed by atoms with Crippen molar-refractivity contribution in [3.8, 4) is 0 Å². The largest absolute Gasteiger partial charge is 0.326 e. The van der Waals surface area contributed by atoms with E-state index in [0.717, 1.165) is 6.54 Å². The first kappa shape index (κ1) is 14.2. The van der Waals surface area contributed by atoms with Crippen LogP contribution in [0.2, 0.25) is 0 Å². The normalized spacial score (nSPS) is 12.6. The molecule has 3 N–H and O–H groups in total. The molecule has 2 nitrogen and oxygen atoms in total. The highest BCUT2D eigenvalue weighted by molar-refractivity contribution is 5.22. The fourth-order valence-corrected chi connectivity index (χ4v) is 1.89. The first-order valence-electron chi connectivity index (χ1n) is 6.77. The zero-order chi connectivity index (χ0) is 12.5. The summed E-state index contributed by atoms with van der Waals surface area (Å²) >= 11 is 0. The van der Waals surface area contributed by atoms with Crippen LogP contribution in [0.1, 0.15) is 50.7 Å². The molecule has 17 heavy (non-hydrogen) atoms. The van der Waals surface area contributed by atoms with Crippen LogP contribution in [-0.4, -0.2) is 6.04 Å². The molecule has 0 aliphatic carbocycles. The minimum Gasteiger partial charge on any atom is -0.326 e. The van der Waals surface area contributed by atoms with E-state index in [0.29, 0.717) is 12.6 Å². The second-order valence-corrected chi connectivity index (χ2v) is 4.80. The number of rotatable bonds is 8. The van der Waals surface area contributed by atoms with Gasteiger partial charge in [-0.1, -0.05) is 50.5 Å². The molecule has 0 saturated carbocycles. The molecule has 0 amide bonds. The van der Waals surface area contributed by atoms with Crippen molar-refractivity contribution in [3.05, 3.63) is 35.4 Å². The lowest BCUT2D eigenvalue weighted by atomic mass is 10.1. The lowest BCUT2D eigenvalue weighted by Crippen LogP contribution is -2.25. The van der Waals surface area contributed by atoms with Gasteiger partial charge in [0.2, 0.25) is 0 Å². The first-order valence-corrected chi connectivity index (χ1v) is 6.77. The number of hydrogen-bond donors (Lipinski definition) is 2. The maximum Gasteiger partial charge on any atom is 0.0207 e. The molecule has 0 spiro atoms. The Hall–Kier alpha value is -0.860. The highest BCUT2D eigenvalue weighted by Crippen LogP contribution is 2.06. The third kappa shape index (κ3) is 5.85. The van der Waals surface area contributed by atoms with E-state index >= 15 is 0 Å². The van der Waals surface area contributed by atoms with Crippen LogP contribution in [0.4, 0.5) is 0 Å². The minimum absolute atomic E-state index is 0.607. The first-order chi connectivity index (χ1) is 8.26. The second-order valence-electron chi connectivity index (χ2n) is 4.80. The number of nitrogens with one attached hydrogen (secondary N) is 1. The molecular weight excluding hydrogens is 208 g/mol. The van der Waals surface area contributed by atoms with Crippen LogP contribution in [0.5, 0.6) is 0 Å². The number of unbranched alkanes of at least 4 members (excludes halogenated alkanes) is 2. The Balaban J connectivity index is 2.24. The van der Waals surface area contributed by atoms with Gasteiger partial charge in [0.25, 0.3) is 0 Å². The molecule has 1 rings (SSSR count). The molecule has 1 aromatic carbocycles. The van der Waals surface area contributed by atoms with Crippen LogP contribution in [-0.2, 0) is 13.1 Å². The van der Waals surface area contributed by atoms with Crippen LogP contribution < -0.4 is 11.1 Å². The SMILES string of the molecule is CCCCCC(C)NCc1ccc(CN)cc1. The zero-order valence-electron chi connectivity index (χ0n) is 11.2. The Kier molecular flexibility index (Phi) is 6.90. The van der Waals surface area contributed by atoms with E-state index in [-0.39, 0.29) is 0 Å². The summed E-state index contributed by atoms with van der Waals surface area (Å²) in [6.07, 6.45) is 5.25. The van der Waals surface area contributed by atoms with Gasteiger partial charge < -0.3 is 11.1 Å². The summed E-state index contributed by atoms with van der Waals surface area (Å²) in [5, 5.41) is 3.56. The molecule has 96 valence electrons. The predicted octanol–water partition coefficient (Wildman–Crippen LogP) is 3.20. The molecule has 0 heterocycles. The standard InChI is InChI=1S/C15H26N2/c1-3-4-5-6-13(2)17-12-15-9-7-14(11-16)8-10-15/h7-10,13,17H,3-6,11-12,16H2,1-2H3. The maximum absolute atomic E-state index is 5.57. The second kappa shape index (κ2) is 8.26. The summed E-state index contributed by atoms with van der Waals surface area (Å²) in [6, 6.07) is 9.15. The van der Waals surface area contributed by atoms with Crippen LogP contribution >= 0.6 is 0 Å². The monoisotopic (exact) mass is 234 g/mol. The van der Waals surface area contributed by atoms with Crippen molar-refractivity contribution < 1.29 is 0 Å². The summed E-state index contributed by atoms with van der Waals surface area (Å²) in [6.45, 7) is 6.10. The van der Waals surface area contributed by atoms with Gasteiger partial charge >= 0.3 is 0 Å². The number of benzene rings is 1. The molecule has 0 radical (unpaired) electrons. The van der Waals surface area contributed by atoms with Gasteiger partial charge in [-0.15, -0.1) is 0 Å². The topological polar surface area (TPSA) is 38.0 Å². The molecule has 1 atom stereocenters. The smallest absolute Gasteiger partial charge is 0.0207 e. The van der Waals surface area contributed by atoms with E-state index < -0.39 is 0 Å². The van der Waals surface area contributed by atoms with Gasteiger partial charge in [0.1, 0.15) is 0 Å². The van der Waals surface area contributed by atoms with E-state index in [9.17, 15) is 0 Å². The Morgan fingerprint density at radius 2 is 1.76 bits per heavy atom. The van der Waals surface area contributed by atoms with Crippen molar-refractivity contribution in [2.24, 2.45) is 5.73 Å². The van der Waals surface area contributed by atoms with Crippen LogP contribution in [0.15, 0.2) is 24.3 Å². The average molecular weight is 234 g/mol. The molecule has 1 aromatic rings. The summed E-state index contributed by atoms with van der Waals surface area (Å²) in [4.78, 5) is 0. The summed E-state index contributed by atoms with van der Waals surface area (Å²) < 4.78 is 0. The van der Waals surface area contributed by atoms with Gasteiger partial charge in [-0.25, -0.2) is 0 Å². The van der Waals surface area contributed by atoms with Gasteiger partial charge in [-0.2, -0.15) is 0 Å². The van der Waals surface area contributed by atoms with E-state index in [2.05, 4.69) is 43.4 Å². The predicted molar refractivity (Wildman–Crippen MR) is 74.8 cm³/mol. The maximum atomic E-state index is 5.57. The zero-order valence-corrected chi connectivity index (χ0v) is 11.2. The Morgan fingerprint density at radius 1 is 1.12 bits per heavy atom. The van der Waals surface area contributed by atoms with Crippen LogP contribution in [0.25, 0.3) is 0 Å². The van der Waals surface area contributed by atoms with Gasteiger partial charge in [0.15, 0.2) is 0 Å². The highest BCUT2D eigenvalue weighted by Gasteiger charge is 2.01. The lowest BCUT2D eigenvalue weighted by molar-refractivity contribution is 0.487. The number of hydrogen-bond acceptors (Lipinski definition) is 2. The summed E-state index contributed by atoms with van der Waals surface area (Å²) in [7, 11) is 0. The molecule has 0 bridgehead atoms. The minimum atomic E-state index is 0.607. The fraction of sp³-hybridized carbons (Fsp3) is 0.600. The quantitative estimate of drug-likeness (QED) is 0.678. The van der Waals surface area contributed by atoms with Crippen molar-refractivity contribution >= 4 is 0 Å². The van der Waals surface area contributed by atoms with Crippen LogP contribution in [0.3, 0.4) is 0 Å².